The highest BCUT2D eigenvalue weighted by molar-refractivity contribution is 7.99. The SMILES string of the molecule is CCOc1cccc(C2SCCC(=O)N2CCN2CCOCC2)c1. The Labute approximate surface area is 148 Å². The van der Waals surface area contributed by atoms with Crippen LogP contribution in [0.5, 0.6) is 5.75 Å². The second-order valence-corrected chi connectivity index (χ2v) is 7.21. The minimum Gasteiger partial charge on any atom is -0.494 e. The van der Waals surface area contributed by atoms with E-state index >= 15 is 0 Å². The quantitative estimate of drug-likeness (QED) is 0.788. The van der Waals surface area contributed by atoms with E-state index in [1.807, 2.05) is 35.7 Å². The third kappa shape index (κ3) is 4.43. The van der Waals surface area contributed by atoms with Crippen LogP contribution in [0.25, 0.3) is 0 Å². The molecule has 2 fully saturated rings. The lowest BCUT2D eigenvalue weighted by atomic mass is 10.2. The van der Waals surface area contributed by atoms with E-state index in [2.05, 4.69) is 17.0 Å². The molecule has 2 saturated heterocycles. The van der Waals surface area contributed by atoms with Gasteiger partial charge in [-0.2, -0.15) is 0 Å². The van der Waals surface area contributed by atoms with Crippen LogP contribution in [0.1, 0.15) is 24.3 Å². The summed E-state index contributed by atoms with van der Waals surface area (Å²) in [6.45, 7) is 7.83. The Hall–Kier alpha value is -1.24. The molecule has 2 heterocycles. The van der Waals surface area contributed by atoms with Gasteiger partial charge < -0.3 is 14.4 Å². The van der Waals surface area contributed by atoms with Crippen LogP contribution in [0.2, 0.25) is 0 Å². The predicted octanol–water partition coefficient (Wildman–Crippen LogP) is 2.38. The molecule has 1 atom stereocenters. The van der Waals surface area contributed by atoms with Gasteiger partial charge in [0.15, 0.2) is 0 Å². The van der Waals surface area contributed by atoms with Crippen molar-refractivity contribution in [2.45, 2.75) is 18.7 Å². The lowest BCUT2D eigenvalue weighted by molar-refractivity contribution is -0.132. The first-order valence-corrected chi connectivity index (χ1v) is 9.76. The molecule has 132 valence electrons. The molecule has 0 aromatic heterocycles. The molecule has 0 aliphatic carbocycles. The van der Waals surface area contributed by atoms with Crippen LogP contribution in [0.4, 0.5) is 0 Å². The van der Waals surface area contributed by atoms with Crippen LogP contribution in [0.3, 0.4) is 0 Å². The van der Waals surface area contributed by atoms with Crippen LogP contribution >= 0.6 is 11.8 Å². The smallest absolute Gasteiger partial charge is 0.224 e. The van der Waals surface area contributed by atoms with Crippen LogP contribution < -0.4 is 4.74 Å². The topological polar surface area (TPSA) is 42.0 Å². The first kappa shape index (κ1) is 17.6. The summed E-state index contributed by atoms with van der Waals surface area (Å²) in [6.07, 6.45) is 0.634. The fourth-order valence-electron chi connectivity index (χ4n) is 3.14. The first-order chi connectivity index (χ1) is 11.8. The normalized spacial score (nSPS) is 22.6. The van der Waals surface area contributed by atoms with Crippen molar-refractivity contribution in [3.63, 3.8) is 0 Å². The Kier molecular flexibility index (Phi) is 6.40. The summed E-state index contributed by atoms with van der Waals surface area (Å²) in [5.41, 5.74) is 1.15. The molecule has 0 bridgehead atoms. The molecule has 2 aliphatic heterocycles. The molecule has 3 rings (SSSR count). The average molecular weight is 350 g/mol. The van der Waals surface area contributed by atoms with Crippen LogP contribution in [0, 0.1) is 0 Å². The summed E-state index contributed by atoms with van der Waals surface area (Å²) in [6, 6.07) is 8.16. The number of carbonyl (C=O) groups excluding carboxylic acids is 1. The third-order valence-corrected chi connectivity index (χ3v) is 5.69. The molecular weight excluding hydrogens is 324 g/mol. The number of nitrogens with zero attached hydrogens (tertiary/aromatic N) is 2. The van der Waals surface area contributed by atoms with E-state index in [0.717, 1.165) is 56.5 Å². The summed E-state index contributed by atoms with van der Waals surface area (Å²) in [4.78, 5) is 16.9. The number of ether oxygens (including phenoxy) is 2. The predicted molar refractivity (Wildman–Crippen MR) is 96.4 cm³/mol. The summed E-state index contributed by atoms with van der Waals surface area (Å²) in [7, 11) is 0. The van der Waals surface area contributed by atoms with Gasteiger partial charge in [0.25, 0.3) is 0 Å². The number of hydrogen-bond acceptors (Lipinski definition) is 5. The van der Waals surface area contributed by atoms with Crippen molar-refractivity contribution < 1.29 is 14.3 Å². The van der Waals surface area contributed by atoms with Gasteiger partial charge in [-0.3, -0.25) is 9.69 Å². The summed E-state index contributed by atoms with van der Waals surface area (Å²) < 4.78 is 11.0. The maximum absolute atomic E-state index is 12.5. The maximum atomic E-state index is 12.5. The fourth-order valence-corrected chi connectivity index (χ4v) is 4.40. The van der Waals surface area contributed by atoms with E-state index in [1.54, 1.807) is 0 Å². The Morgan fingerprint density at radius 2 is 2.12 bits per heavy atom. The van der Waals surface area contributed by atoms with Gasteiger partial charge in [-0.1, -0.05) is 12.1 Å². The van der Waals surface area contributed by atoms with Crippen molar-refractivity contribution in [3.05, 3.63) is 29.8 Å². The number of rotatable bonds is 6. The fraction of sp³-hybridized carbons (Fsp3) is 0.611. The van der Waals surface area contributed by atoms with E-state index in [-0.39, 0.29) is 11.3 Å². The zero-order valence-corrected chi connectivity index (χ0v) is 15.1. The number of amides is 1. The highest BCUT2D eigenvalue weighted by Gasteiger charge is 2.30. The number of hydrogen-bond donors (Lipinski definition) is 0. The molecule has 0 radical (unpaired) electrons. The van der Waals surface area contributed by atoms with Crippen molar-refractivity contribution in [2.24, 2.45) is 0 Å². The van der Waals surface area contributed by atoms with Crippen molar-refractivity contribution in [1.29, 1.82) is 0 Å². The van der Waals surface area contributed by atoms with Gasteiger partial charge >= 0.3 is 0 Å². The van der Waals surface area contributed by atoms with E-state index in [1.165, 1.54) is 0 Å². The van der Waals surface area contributed by atoms with Gasteiger partial charge in [0.2, 0.25) is 5.91 Å². The van der Waals surface area contributed by atoms with E-state index < -0.39 is 0 Å². The highest BCUT2D eigenvalue weighted by atomic mass is 32.2. The van der Waals surface area contributed by atoms with Crippen LogP contribution in [-0.2, 0) is 9.53 Å². The van der Waals surface area contributed by atoms with Gasteiger partial charge in [0.1, 0.15) is 11.1 Å². The molecule has 1 unspecified atom stereocenters. The standard InChI is InChI=1S/C18H26N2O3S/c1-2-23-16-5-3-4-15(14-16)18-20(17(21)6-13-24-18)8-7-19-9-11-22-12-10-19/h3-5,14,18H,2,6-13H2,1H3. The number of benzene rings is 1. The minimum atomic E-state index is 0.0905. The minimum absolute atomic E-state index is 0.0905. The third-order valence-electron chi connectivity index (χ3n) is 4.41. The molecular formula is C18H26N2O3S. The highest BCUT2D eigenvalue weighted by Crippen LogP contribution is 2.38. The van der Waals surface area contributed by atoms with E-state index in [0.29, 0.717) is 13.0 Å². The van der Waals surface area contributed by atoms with Crippen molar-refractivity contribution in [3.8, 4) is 5.75 Å². The van der Waals surface area contributed by atoms with Gasteiger partial charge in [-0.15, -0.1) is 11.8 Å². The van der Waals surface area contributed by atoms with E-state index in [9.17, 15) is 4.79 Å². The Bertz CT molecular complexity index is 549. The Balaban J connectivity index is 1.69. The van der Waals surface area contributed by atoms with Gasteiger partial charge in [-0.05, 0) is 24.6 Å². The van der Waals surface area contributed by atoms with Crippen LogP contribution in [-0.4, -0.2) is 67.5 Å². The summed E-state index contributed by atoms with van der Waals surface area (Å²) >= 11 is 1.85. The molecule has 0 spiro atoms. The average Bonchev–Trinajstić information content (AvgIpc) is 2.62. The van der Waals surface area contributed by atoms with Crippen molar-refractivity contribution >= 4 is 17.7 Å². The Morgan fingerprint density at radius 3 is 2.92 bits per heavy atom. The molecule has 1 amide bonds. The second-order valence-electron chi connectivity index (χ2n) is 6.02. The summed E-state index contributed by atoms with van der Waals surface area (Å²) in [5, 5.41) is 0.0905. The molecule has 5 nitrogen and oxygen atoms in total. The monoisotopic (exact) mass is 350 g/mol. The zero-order chi connectivity index (χ0) is 16.8. The number of carbonyl (C=O) groups is 1. The van der Waals surface area contributed by atoms with E-state index in [4.69, 9.17) is 9.47 Å². The molecule has 0 saturated carbocycles. The molecule has 1 aromatic rings. The summed E-state index contributed by atoms with van der Waals surface area (Å²) in [5.74, 6) is 2.02. The molecule has 2 aliphatic rings. The zero-order valence-electron chi connectivity index (χ0n) is 14.3. The first-order valence-electron chi connectivity index (χ1n) is 8.72. The molecule has 6 heteroatoms. The molecule has 0 N–H and O–H groups in total. The lowest BCUT2D eigenvalue weighted by Crippen LogP contribution is -2.45. The second kappa shape index (κ2) is 8.74. The van der Waals surface area contributed by atoms with Crippen molar-refractivity contribution in [2.75, 3.05) is 51.8 Å². The van der Waals surface area contributed by atoms with Gasteiger partial charge in [0, 0.05) is 38.4 Å². The maximum Gasteiger partial charge on any atom is 0.224 e. The van der Waals surface area contributed by atoms with Crippen LogP contribution in [0.15, 0.2) is 24.3 Å². The Morgan fingerprint density at radius 1 is 1.29 bits per heavy atom. The lowest BCUT2D eigenvalue weighted by Gasteiger charge is -2.37. The van der Waals surface area contributed by atoms with Gasteiger partial charge in [0.05, 0.1) is 19.8 Å². The molecule has 1 aromatic carbocycles. The largest absolute Gasteiger partial charge is 0.494 e. The molecule has 24 heavy (non-hydrogen) atoms. The van der Waals surface area contributed by atoms with Crippen molar-refractivity contribution in [1.82, 2.24) is 9.80 Å². The number of morpholine rings is 1. The van der Waals surface area contributed by atoms with Gasteiger partial charge in [-0.25, -0.2) is 0 Å². The number of thioether (sulfide) groups is 1.